The summed E-state index contributed by atoms with van der Waals surface area (Å²) in [5, 5.41) is 6.01. The lowest BCUT2D eigenvalue weighted by Gasteiger charge is -2.15. The second kappa shape index (κ2) is 16.5. The maximum absolute atomic E-state index is 5.13. The van der Waals surface area contributed by atoms with E-state index in [4.69, 9.17) is 9.97 Å². The summed E-state index contributed by atoms with van der Waals surface area (Å²) in [7, 11) is 0. The number of pyridine rings is 1. The fourth-order valence-electron chi connectivity index (χ4n) is 10.7. The molecule has 0 spiro atoms. The van der Waals surface area contributed by atoms with Crippen molar-refractivity contribution in [3.63, 3.8) is 0 Å². The molecule has 5 heterocycles. The normalized spacial score (nSPS) is 11.7. The average Bonchev–Trinajstić information content (AvgIpc) is 4.14. The number of imidazole rings is 2. The minimum Gasteiger partial charge on any atom is -0.309 e. The second-order valence-corrected chi connectivity index (χ2v) is 18.1. The summed E-state index contributed by atoms with van der Waals surface area (Å²) >= 11 is 0. The average molecular weight is 907 g/mol. The molecule has 0 saturated heterocycles. The Morgan fingerprint density at radius 1 is 0.324 bits per heavy atom. The van der Waals surface area contributed by atoms with Crippen LogP contribution in [0.4, 0.5) is 0 Å². The zero-order chi connectivity index (χ0) is 46.8. The highest BCUT2D eigenvalue weighted by atomic mass is 15.1. The van der Waals surface area contributed by atoms with E-state index in [0.717, 1.165) is 84.3 Å². The number of benzene rings is 9. The molecule has 0 aliphatic carbocycles. The van der Waals surface area contributed by atoms with Crippen molar-refractivity contribution in [3.05, 3.63) is 255 Å². The highest BCUT2D eigenvalue weighted by Crippen LogP contribution is 2.46. The number of nitrogens with zero attached hydrogens (tertiary/aromatic N) is 6. The Morgan fingerprint density at radius 2 is 0.859 bits per heavy atom. The van der Waals surface area contributed by atoms with Crippen LogP contribution in [0.2, 0.25) is 0 Å². The molecule has 0 radical (unpaired) electrons. The predicted molar refractivity (Wildman–Crippen MR) is 292 cm³/mol. The van der Waals surface area contributed by atoms with Gasteiger partial charge >= 0.3 is 0 Å². The van der Waals surface area contributed by atoms with Crippen LogP contribution >= 0.6 is 0 Å². The SMILES string of the molecule is c1ccc(-c2nc3ccccn3c2-c2ccc(-n3c(-c4ccccc4)c(-c4ccccc4)c4cc5c(ccc6cc(-c7ccc(-c8nc9ncccn9c8-c8ccccc8)cc7)ccc65)cc43)cc2)cc1. The van der Waals surface area contributed by atoms with Gasteiger partial charge in [-0.2, -0.15) is 0 Å². The van der Waals surface area contributed by atoms with Crippen molar-refractivity contribution in [1.29, 1.82) is 0 Å². The van der Waals surface area contributed by atoms with Crippen molar-refractivity contribution in [2.75, 3.05) is 0 Å². The van der Waals surface area contributed by atoms with Crippen LogP contribution < -0.4 is 0 Å². The third kappa shape index (κ3) is 6.76. The smallest absolute Gasteiger partial charge is 0.234 e. The van der Waals surface area contributed by atoms with Gasteiger partial charge in [-0.15, -0.1) is 0 Å². The van der Waals surface area contributed by atoms with Gasteiger partial charge < -0.3 is 4.57 Å². The van der Waals surface area contributed by atoms with E-state index < -0.39 is 0 Å². The van der Waals surface area contributed by atoms with Crippen LogP contribution in [-0.2, 0) is 0 Å². The third-order valence-electron chi connectivity index (χ3n) is 14.0. The van der Waals surface area contributed by atoms with Gasteiger partial charge in [0.05, 0.1) is 34.0 Å². The van der Waals surface area contributed by atoms with Gasteiger partial charge in [0, 0.05) is 57.5 Å². The molecule has 0 atom stereocenters. The molecule has 0 bridgehead atoms. The van der Waals surface area contributed by atoms with E-state index in [-0.39, 0.29) is 0 Å². The highest BCUT2D eigenvalue weighted by Gasteiger charge is 2.24. The first kappa shape index (κ1) is 40.4. The molecule has 0 saturated carbocycles. The molecule has 0 aliphatic heterocycles. The Labute approximate surface area is 409 Å². The quantitative estimate of drug-likeness (QED) is 0.143. The molecule has 71 heavy (non-hydrogen) atoms. The monoisotopic (exact) mass is 906 g/mol. The summed E-state index contributed by atoms with van der Waals surface area (Å²) in [4.78, 5) is 14.7. The van der Waals surface area contributed by atoms with E-state index in [0.29, 0.717) is 5.78 Å². The number of rotatable bonds is 8. The summed E-state index contributed by atoms with van der Waals surface area (Å²) in [6.45, 7) is 0. The Bertz CT molecular complexity index is 4290. The van der Waals surface area contributed by atoms with Crippen LogP contribution in [0, 0.1) is 0 Å². The number of aromatic nitrogens is 6. The summed E-state index contributed by atoms with van der Waals surface area (Å²) in [6.07, 6.45) is 5.93. The predicted octanol–water partition coefficient (Wildman–Crippen LogP) is 16.3. The molecule has 14 rings (SSSR count). The molecule has 0 amide bonds. The van der Waals surface area contributed by atoms with Gasteiger partial charge in [-0.1, -0.05) is 188 Å². The molecule has 332 valence electrons. The van der Waals surface area contributed by atoms with E-state index in [2.05, 4.69) is 243 Å². The van der Waals surface area contributed by atoms with E-state index in [1.165, 1.54) is 38.1 Å². The largest absolute Gasteiger partial charge is 0.309 e. The molecule has 14 aromatic rings. The zero-order valence-corrected chi connectivity index (χ0v) is 38.4. The summed E-state index contributed by atoms with van der Waals surface area (Å²) in [6, 6.07) is 84.8. The minimum absolute atomic E-state index is 0.681. The van der Waals surface area contributed by atoms with Gasteiger partial charge in [0.2, 0.25) is 5.78 Å². The first-order chi connectivity index (χ1) is 35.2. The van der Waals surface area contributed by atoms with Gasteiger partial charge in [-0.3, -0.25) is 8.80 Å². The van der Waals surface area contributed by atoms with E-state index in [1.807, 2.05) is 24.4 Å². The first-order valence-corrected chi connectivity index (χ1v) is 24.0. The van der Waals surface area contributed by atoms with Gasteiger partial charge in [-0.25, -0.2) is 15.0 Å². The molecule has 0 aliphatic rings. The molecular formula is C65H42N6. The third-order valence-corrected chi connectivity index (χ3v) is 14.0. The highest BCUT2D eigenvalue weighted by molar-refractivity contribution is 6.17. The van der Waals surface area contributed by atoms with Gasteiger partial charge in [0.1, 0.15) is 5.65 Å². The lowest BCUT2D eigenvalue weighted by atomic mass is 9.94. The fourth-order valence-corrected chi connectivity index (χ4v) is 10.7. The van der Waals surface area contributed by atoms with Gasteiger partial charge in [0.15, 0.2) is 0 Å². The van der Waals surface area contributed by atoms with Crippen LogP contribution in [0.1, 0.15) is 0 Å². The van der Waals surface area contributed by atoms with Crippen molar-refractivity contribution in [2.24, 2.45) is 0 Å². The Morgan fingerprint density at radius 3 is 1.58 bits per heavy atom. The fraction of sp³-hybridized carbons (Fsp3) is 0. The van der Waals surface area contributed by atoms with E-state index in [1.54, 1.807) is 6.20 Å². The van der Waals surface area contributed by atoms with Crippen LogP contribution in [0.3, 0.4) is 0 Å². The van der Waals surface area contributed by atoms with Crippen LogP contribution in [-0.4, -0.2) is 28.3 Å². The zero-order valence-electron chi connectivity index (χ0n) is 38.4. The lowest BCUT2D eigenvalue weighted by molar-refractivity contribution is 1.11. The van der Waals surface area contributed by atoms with Gasteiger partial charge in [0.25, 0.3) is 0 Å². The van der Waals surface area contributed by atoms with Crippen LogP contribution in [0.5, 0.6) is 0 Å². The maximum Gasteiger partial charge on any atom is 0.234 e. The number of fused-ring (bicyclic) bond motifs is 6. The standard InChI is InChI=1S/C65H42N6/c1-5-16-44(17-6-1)59-56-42-55-52(30-29-51-40-50(33-36-54(51)55)43-25-27-46(28-26-43)61-64(48-22-11-4-12-23-48)70-39-15-37-66-65(70)68-61)41-57(56)71(62(59)47-20-9-3-10-21-47)53-34-31-49(32-35-53)63-60(45-18-7-2-8-19-45)67-58-24-13-14-38-69(58)63/h1-42H. The van der Waals surface area contributed by atoms with Crippen molar-refractivity contribution < 1.29 is 0 Å². The first-order valence-electron chi connectivity index (χ1n) is 24.0. The molecule has 9 aromatic carbocycles. The molecule has 0 unspecified atom stereocenters. The molecule has 5 aromatic heterocycles. The van der Waals surface area contributed by atoms with Crippen molar-refractivity contribution >= 4 is 43.9 Å². The Kier molecular flexibility index (Phi) is 9.42. The summed E-state index contributed by atoms with van der Waals surface area (Å²) < 4.78 is 6.74. The second-order valence-electron chi connectivity index (χ2n) is 18.1. The number of hydrogen-bond acceptors (Lipinski definition) is 3. The lowest BCUT2D eigenvalue weighted by Crippen LogP contribution is -1.98. The number of hydrogen-bond donors (Lipinski definition) is 0. The minimum atomic E-state index is 0.681. The molecule has 6 heteroatoms. The Hall–Kier alpha value is -9.65. The summed E-state index contributed by atoms with van der Waals surface area (Å²) in [5.74, 6) is 0.681. The topological polar surface area (TPSA) is 52.4 Å². The summed E-state index contributed by atoms with van der Waals surface area (Å²) in [5.41, 5.74) is 18.5. The van der Waals surface area contributed by atoms with Gasteiger partial charge in [-0.05, 0) is 92.3 Å². The molecule has 0 N–H and O–H groups in total. The molecule has 6 nitrogen and oxygen atoms in total. The molecule has 0 fully saturated rings. The van der Waals surface area contributed by atoms with Crippen molar-refractivity contribution in [1.82, 2.24) is 28.3 Å². The van der Waals surface area contributed by atoms with Crippen LogP contribution in [0.25, 0.3) is 128 Å². The van der Waals surface area contributed by atoms with E-state index in [9.17, 15) is 0 Å². The Balaban J connectivity index is 0.907. The molecular weight excluding hydrogens is 865 g/mol. The van der Waals surface area contributed by atoms with Crippen LogP contribution in [0.15, 0.2) is 255 Å². The van der Waals surface area contributed by atoms with E-state index >= 15 is 0 Å². The maximum atomic E-state index is 5.13. The van der Waals surface area contributed by atoms with Crippen molar-refractivity contribution in [2.45, 2.75) is 0 Å². The van der Waals surface area contributed by atoms with Crippen molar-refractivity contribution in [3.8, 4) is 84.2 Å².